The average molecular weight is 585 g/mol. The molecule has 44 heavy (non-hydrogen) atoms. The first-order chi connectivity index (χ1) is 33.5. The van der Waals surface area contributed by atoms with Gasteiger partial charge in [-0.05, 0) is 93.3 Å². The van der Waals surface area contributed by atoms with Gasteiger partial charge in [0.05, 0.1) is 38.4 Å². The fraction of sp³-hybridized carbons (Fsp3) is 0. The molecule has 0 atom stereocenters. The predicted molar refractivity (Wildman–Crippen MR) is 190 cm³/mol. The minimum atomic E-state index is -1.05. The van der Waals surface area contributed by atoms with E-state index in [1.807, 2.05) is 0 Å². The van der Waals surface area contributed by atoms with Gasteiger partial charge in [0.15, 0.2) is 0 Å². The lowest BCUT2D eigenvalue weighted by atomic mass is 9.81. The summed E-state index contributed by atoms with van der Waals surface area (Å²) in [6.07, 6.45) is 0. The van der Waals surface area contributed by atoms with Gasteiger partial charge >= 0.3 is 0 Å². The highest BCUT2D eigenvalue weighted by Crippen LogP contribution is 2.50. The zero-order chi connectivity index (χ0) is 53.4. The minimum absolute atomic E-state index is 0.603. The summed E-state index contributed by atoms with van der Waals surface area (Å²) in [5.74, 6) is 0. The highest BCUT2D eigenvalue weighted by molar-refractivity contribution is 6.30. The van der Waals surface area contributed by atoms with Gasteiger partial charge in [0.1, 0.15) is 0 Å². The van der Waals surface area contributed by atoms with Crippen molar-refractivity contribution in [3.8, 4) is 33.4 Å². The van der Waals surface area contributed by atoms with Crippen LogP contribution in [0.1, 0.15) is 38.4 Å². The molecule has 0 nitrogen and oxygen atoms in total. The minimum Gasteiger partial charge on any atom is -0.0622 e. The molecule has 0 spiro atoms. The van der Waals surface area contributed by atoms with Crippen molar-refractivity contribution in [3.05, 3.63) is 169 Å². The van der Waals surface area contributed by atoms with Crippen molar-refractivity contribution in [1.82, 2.24) is 0 Å². The van der Waals surface area contributed by atoms with Crippen molar-refractivity contribution in [2.75, 3.05) is 0 Å². The van der Waals surface area contributed by atoms with Crippen molar-refractivity contribution >= 4 is 53.9 Å². The second-order valence-corrected chi connectivity index (χ2v) is 9.50. The third kappa shape index (κ3) is 3.71. The van der Waals surface area contributed by atoms with Gasteiger partial charge in [0.2, 0.25) is 0 Å². The van der Waals surface area contributed by atoms with Crippen molar-refractivity contribution in [3.63, 3.8) is 0 Å². The van der Waals surface area contributed by atoms with Crippen LogP contribution >= 0.6 is 0 Å². The molecular weight excluding hydrogens is 528 g/mol. The topological polar surface area (TPSA) is 0 Å². The van der Waals surface area contributed by atoms with E-state index in [1.54, 1.807) is 0 Å². The van der Waals surface area contributed by atoms with Gasteiger partial charge in [0.25, 0.3) is 0 Å². The first-order valence-electron chi connectivity index (χ1n) is 27.0. The first kappa shape index (κ1) is 9.64. The van der Waals surface area contributed by atoms with Gasteiger partial charge in [-0.15, -0.1) is 0 Å². The number of hydrogen-bond donors (Lipinski definition) is 0. The zero-order valence-corrected chi connectivity index (χ0v) is 22.0. The van der Waals surface area contributed by atoms with E-state index in [4.69, 9.17) is 24.7 Å². The Morgan fingerprint density at radius 1 is 0.250 bits per heavy atom. The van der Waals surface area contributed by atoms with Crippen LogP contribution in [0.2, 0.25) is 0 Å². The Morgan fingerprint density at radius 2 is 0.591 bits per heavy atom. The maximum atomic E-state index is 9.60. The second kappa shape index (κ2) is 9.93. The molecule has 0 aliphatic heterocycles. The van der Waals surface area contributed by atoms with E-state index in [1.165, 1.54) is 0 Å². The molecule has 0 saturated carbocycles. The lowest BCUT2D eigenvalue weighted by molar-refractivity contribution is 1.66. The Bertz CT molecular complexity index is 3930. The molecule has 0 bridgehead atoms. The van der Waals surface area contributed by atoms with Gasteiger partial charge in [0, 0.05) is 0 Å². The average Bonchev–Trinajstić information content (AvgIpc) is 3.35. The molecule has 9 rings (SSSR count). The van der Waals surface area contributed by atoms with E-state index in [9.17, 15) is 13.7 Å². The Labute approximate surface area is 295 Å². The van der Waals surface area contributed by atoms with Crippen LogP contribution in [0.15, 0.2) is 169 Å². The molecule has 0 fully saturated rings. The van der Waals surface area contributed by atoms with Crippen molar-refractivity contribution in [2.24, 2.45) is 0 Å². The van der Waals surface area contributed by atoms with E-state index < -0.39 is 256 Å². The van der Waals surface area contributed by atoms with Crippen LogP contribution in [0, 0.1) is 0 Å². The molecule has 204 valence electrons. The van der Waals surface area contributed by atoms with E-state index in [-0.39, 0.29) is 0 Å². The van der Waals surface area contributed by atoms with Crippen LogP contribution < -0.4 is 0 Å². The molecule has 0 heteroatoms. The molecule has 0 aliphatic carbocycles. The highest BCUT2D eigenvalue weighted by atomic mass is 14.2. The lowest BCUT2D eigenvalue weighted by Crippen LogP contribution is -1.94. The van der Waals surface area contributed by atoms with Crippen LogP contribution in [-0.2, 0) is 0 Å². The molecule has 0 amide bonds. The fourth-order valence-corrected chi connectivity index (χ4v) is 5.53. The van der Waals surface area contributed by atoms with E-state index in [0.717, 1.165) is 0 Å². The molecular formula is C44H28. The smallest absolute Gasteiger partial charge is 0.0622 e. The summed E-state index contributed by atoms with van der Waals surface area (Å²) >= 11 is 0. The van der Waals surface area contributed by atoms with Gasteiger partial charge in [-0.25, -0.2) is 0 Å². The van der Waals surface area contributed by atoms with E-state index >= 15 is 0 Å². The van der Waals surface area contributed by atoms with Crippen LogP contribution in [0.5, 0.6) is 0 Å². The molecule has 0 aliphatic rings. The standard InChI is InChI=1S/C44H28/c1-2-15-30(16-3-1)41-33-18-6-10-22-37(33)43(38-23-11-7-19-34(38)41)44-39-24-12-8-20-35(39)42(36-21-9-13-25-40(36)44)32-27-26-29-14-4-5-17-31(29)28-32/h1-28H/i1D,2D,3D,4D,5D,6D,7D,8D,9D,10D,11D,12D,13D,14D,15D,16D,17D,18D,19D,20D,21D,22D,23D,24D,25D,26D,27D,28D. The van der Waals surface area contributed by atoms with Crippen LogP contribution in [0.4, 0.5) is 0 Å². The third-order valence-electron chi connectivity index (χ3n) is 7.25. The Kier molecular flexibility index (Phi) is 2.18. The fourth-order valence-electron chi connectivity index (χ4n) is 5.53. The SMILES string of the molecule is [2H]c1c([2H])c([2H])c(-c2c3c([2H])c([2H])c([2H])c([2H])c3c(-c3c4c([2H])c([2H])c([2H])c([2H])c4c(-c4c([2H])c([2H])c5c([2H])c([2H])c([2H])c([2H])c5c4[2H])c4c([2H])c([2H])c([2H])c([2H])c34)c3c([2H])c([2H])c([2H])c([2H])c23)c([2H])c1[2H]. The lowest BCUT2D eigenvalue weighted by Gasteiger charge is -2.22. The maximum absolute atomic E-state index is 9.60. The molecule has 9 aromatic carbocycles. The molecule has 0 saturated heterocycles. The summed E-state index contributed by atoms with van der Waals surface area (Å²) in [6, 6.07) is -27.6. The largest absolute Gasteiger partial charge is 0.0636 e. The zero-order valence-electron chi connectivity index (χ0n) is 50.0. The van der Waals surface area contributed by atoms with Gasteiger partial charge in [-0.3, -0.25) is 0 Å². The van der Waals surface area contributed by atoms with Crippen molar-refractivity contribution < 1.29 is 38.4 Å². The Morgan fingerprint density at radius 3 is 1.05 bits per heavy atom. The summed E-state index contributed by atoms with van der Waals surface area (Å²) in [5.41, 5.74) is -4.66. The second-order valence-electron chi connectivity index (χ2n) is 9.50. The Hall–Kier alpha value is -5.72. The number of hydrogen-bond acceptors (Lipinski definition) is 0. The van der Waals surface area contributed by atoms with Gasteiger partial charge in [-0.2, -0.15) is 0 Å². The molecule has 0 aromatic heterocycles. The number of rotatable bonds is 3. The monoisotopic (exact) mass is 584 g/mol. The van der Waals surface area contributed by atoms with Crippen molar-refractivity contribution in [1.29, 1.82) is 0 Å². The quantitative estimate of drug-likeness (QED) is 0.181. The highest BCUT2D eigenvalue weighted by Gasteiger charge is 2.22. The maximum Gasteiger partial charge on any atom is 0.0636 e. The van der Waals surface area contributed by atoms with Crippen LogP contribution in [-0.4, -0.2) is 0 Å². The molecule has 9 aromatic rings. The van der Waals surface area contributed by atoms with Crippen molar-refractivity contribution in [2.45, 2.75) is 0 Å². The number of fused-ring (bicyclic) bond motifs is 5. The normalized spacial score (nSPS) is 20.5. The van der Waals surface area contributed by atoms with Crippen LogP contribution in [0.25, 0.3) is 87.2 Å². The third-order valence-corrected chi connectivity index (χ3v) is 7.25. The molecule has 0 heterocycles. The number of benzene rings is 9. The summed E-state index contributed by atoms with van der Waals surface area (Å²) < 4.78 is 253. The van der Waals surface area contributed by atoms with E-state index in [2.05, 4.69) is 0 Å². The summed E-state index contributed by atoms with van der Waals surface area (Å²) in [4.78, 5) is 0. The summed E-state index contributed by atoms with van der Waals surface area (Å²) in [6.45, 7) is 0. The molecule has 0 N–H and O–H groups in total. The summed E-state index contributed by atoms with van der Waals surface area (Å²) in [5, 5.41) is -7.52. The Balaban J connectivity index is 1.76. The molecule has 0 radical (unpaired) electrons. The predicted octanol–water partition coefficient (Wildman–Crippen LogP) is 12.5. The van der Waals surface area contributed by atoms with Gasteiger partial charge in [-0.1, -0.05) is 163 Å². The summed E-state index contributed by atoms with van der Waals surface area (Å²) in [7, 11) is 0. The molecule has 0 unspecified atom stereocenters. The van der Waals surface area contributed by atoms with E-state index in [0.29, 0.717) is 0 Å². The van der Waals surface area contributed by atoms with Gasteiger partial charge < -0.3 is 0 Å². The first-order valence-corrected chi connectivity index (χ1v) is 13.0. The van der Waals surface area contributed by atoms with Crippen LogP contribution in [0.3, 0.4) is 0 Å².